The molecule has 4 rings (SSSR count). The normalized spacial score (nSPS) is 15.3. The molecule has 0 bridgehead atoms. The summed E-state index contributed by atoms with van der Waals surface area (Å²) in [6.07, 6.45) is 2.56. The number of aromatic nitrogens is 1. The molecule has 27 heavy (non-hydrogen) atoms. The van der Waals surface area contributed by atoms with E-state index in [9.17, 15) is 8.78 Å². The fourth-order valence-electron chi connectivity index (χ4n) is 3.55. The van der Waals surface area contributed by atoms with Crippen LogP contribution in [0.3, 0.4) is 0 Å². The van der Waals surface area contributed by atoms with Crippen molar-refractivity contribution in [1.82, 2.24) is 9.47 Å². The summed E-state index contributed by atoms with van der Waals surface area (Å²) in [5.74, 6) is 0.632. The Morgan fingerprint density at radius 1 is 0.889 bits per heavy atom. The van der Waals surface area contributed by atoms with Crippen LogP contribution >= 0.6 is 0 Å². The van der Waals surface area contributed by atoms with Crippen molar-refractivity contribution in [3.8, 4) is 5.69 Å². The number of nitrogens with zero attached hydrogens (tertiary/aromatic N) is 3. The van der Waals surface area contributed by atoms with E-state index in [1.54, 1.807) is 18.2 Å². The zero-order valence-corrected chi connectivity index (χ0v) is 15.4. The predicted octanol–water partition coefficient (Wildman–Crippen LogP) is 4.10. The molecule has 3 aromatic rings. The highest BCUT2D eigenvalue weighted by Gasteiger charge is 2.19. The molecule has 1 aliphatic rings. The molecular weight excluding hydrogens is 344 g/mol. The fourth-order valence-corrected chi connectivity index (χ4v) is 3.55. The molecule has 0 spiro atoms. The second-order valence-corrected chi connectivity index (χ2v) is 7.11. The van der Waals surface area contributed by atoms with Crippen molar-refractivity contribution >= 4 is 5.82 Å². The van der Waals surface area contributed by atoms with Gasteiger partial charge >= 0.3 is 0 Å². The largest absolute Gasteiger partial charge is 0.355 e. The highest BCUT2D eigenvalue weighted by Crippen LogP contribution is 2.27. The van der Waals surface area contributed by atoms with Gasteiger partial charge in [0, 0.05) is 44.5 Å². The predicted molar refractivity (Wildman–Crippen MR) is 105 cm³/mol. The lowest BCUT2D eigenvalue weighted by atomic mass is 10.1. The molecule has 5 heteroatoms. The molecule has 0 amide bonds. The van der Waals surface area contributed by atoms with Crippen molar-refractivity contribution < 1.29 is 8.78 Å². The van der Waals surface area contributed by atoms with E-state index in [1.807, 2.05) is 18.3 Å². The van der Waals surface area contributed by atoms with Crippen molar-refractivity contribution in [3.63, 3.8) is 0 Å². The molecule has 3 nitrogen and oxygen atoms in total. The highest BCUT2D eigenvalue weighted by molar-refractivity contribution is 5.53. The van der Waals surface area contributed by atoms with Gasteiger partial charge in [-0.05, 0) is 54.6 Å². The molecule has 0 unspecified atom stereocenters. The lowest BCUT2D eigenvalue weighted by Gasteiger charge is -2.34. The minimum atomic E-state index is -0.251. The van der Waals surface area contributed by atoms with E-state index in [0.717, 1.165) is 43.2 Å². The van der Waals surface area contributed by atoms with Gasteiger partial charge in [-0.1, -0.05) is 18.2 Å². The van der Waals surface area contributed by atoms with E-state index >= 15 is 0 Å². The summed E-state index contributed by atoms with van der Waals surface area (Å²) in [6, 6.07) is 15.5. The Morgan fingerprint density at radius 3 is 2.30 bits per heavy atom. The maximum absolute atomic E-state index is 14.1. The molecule has 2 aromatic carbocycles. The third-order valence-corrected chi connectivity index (χ3v) is 5.14. The van der Waals surface area contributed by atoms with Crippen LogP contribution in [0.25, 0.3) is 5.69 Å². The second kappa shape index (κ2) is 7.53. The van der Waals surface area contributed by atoms with Gasteiger partial charge in [0.2, 0.25) is 0 Å². The van der Waals surface area contributed by atoms with Gasteiger partial charge in [-0.15, -0.1) is 0 Å². The van der Waals surface area contributed by atoms with Crippen molar-refractivity contribution in [2.24, 2.45) is 0 Å². The van der Waals surface area contributed by atoms with Crippen LogP contribution in [-0.2, 0) is 6.42 Å². The average molecular weight is 367 g/mol. The Kier molecular flexibility index (Phi) is 4.94. The van der Waals surface area contributed by atoms with E-state index in [4.69, 9.17) is 0 Å². The molecule has 140 valence electrons. The number of anilines is 1. The fraction of sp³-hybridized carbons (Fsp3) is 0.273. The summed E-state index contributed by atoms with van der Waals surface area (Å²) in [5, 5.41) is 0. The third-order valence-electron chi connectivity index (χ3n) is 5.14. The summed E-state index contributed by atoms with van der Waals surface area (Å²) in [4.78, 5) is 4.65. The van der Waals surface area contributed by atoms with E-state index < -0.39 is 0 Å². The molecule has 2 heterocycles. The van der Waals surface area contributed by atoms with Gasteiger partial charge < -0.3 is 14.4 Å². The van der Waals surface area contributed by atoms with Crippen molar-refractivity contribution in [2.75, 3.05) is 38.1 Å². The maximum atomic E-state index is 14.1. The summed E-state index contributed by atoms with van der Waals surface area (Å²) >= 11 is 0. The lowest BCUT2D eigenvalue weighted by Crippen LogP contribution is -2.45. The van der Waals surface area contributed by atoms with Gasteiger partial charge in [0.05, 0.1) is 0 Å². The Balaban J connectivity index is 1.70. The Hall–Kier alpha value is -2.66. The minimum Gasteiger partial charge on any atom is -0.355 e. The quantitative estimate of drug-likeness (QED) is 0.688. The maximum Gasteiger partial charge on any atom is 0.126 e. The van der Waals surface area contributed by atoms with Crippen LogP contribution in [0.2, 0.25) is 0 Å². The van der Waals surface area contributed by atoms with Crippen LogP contribution in [0, 0.1) is 11.6 Å². The first kappa shape index (κ1) is 17.7. The van der Waals surface area contributed by atoms with E-state index in [2.05, 4.69) is 27.5 Å². The SMILES string of the molecule is CN1CCN(c2cc(Cc3ccccc3F)cn2-c2ccc(F)cc2)CC1. The standard InChI is InChI=1S/C22H23F2N3/c1-25-10-12-26(13-11-25)22-15-17(14-18-4-2-3-5-21(18)24)16-27(22)20-8-6-19(23)7-9-20/h2-9,15-16H,10-14H2,1H3. The Morgan fingerprint density at radius 2 is 1.59 bits per heavy atom. The van der Waals surface area contributed by atoms with Gasteiger partial charge in [-0.3, -0.25) is 0 Å². The first-order valence-electron chi connectivity index (χ1n) is 9.24. The molecule has 1 saturated heterocycles. The molecule has 1 aromatic heterocycles. The van der Waals surface area contributed by atoms with Crippen LogP contribution in [0.15, 0.2) is 60.8 Å². The minimum absolute atomic E-state index is 0.187. The van der Waals surface area contributed by atoms with E-state index in [1.165, 1.54) is 18.2 Å². The number of benzene rings is 2. The van der Waals surface area contributed by atoms with Crippen LogP contribution in [0.5, 0.6) is 0 Å². The molecule has 0 atom stereocenters. The van der Waals surface area contributed by atoms with E-state index in [0.29, 0.717) is 12.0 Å². The van der Waals surface area contributed by atoms with Crippen molar-refractivity contribution in [2.45, 2.75) is 6.42 Å². The van der Waals surface area contributed by atoms with Gasteiger partial charge in [-0.2, -0.15) is 0 Å². The average Bonchev–Trinajstić information content (AvgIpc) is 3.09. The van der Waals surface area contributed by atoms with Crippen molar-refractivity contribution in [3.05, 3.63) is 83.6 Å². The number of likely N-dealkylation sites (N-methyl/N-ethyl adjacent to an activating group) is 1. The Bertz CT molecular complexity index is 910. The lowest BCUT2D eigenvalue weighted by molar-refractivity contribution is 0.311. The summed E-state index contributed by atoms with van der Waals surface area (Å²) in [7, 11) is 2.12. The van der Waals surface area contributed by atoms with Gasteiger partial charge in [0.1, 0.15) is 17.5 Å². The highest BCUT2D eigenvalue weighted by atomic mass is 19.1. The van der Waals surface area contributed by atoms with Crippen molar-refractivity contribution in [1.29, 1.82) is 0 Å². The first-order valence-corrected chi connectivity index (χ1v) is 9.24. The molecule has 1 aliphatic heterocycles. The Labute approximate surface area is 158 Å². The first-order chi connectivity index (χ1) is 13.1. The smallest absolute Gasteiger partial charge is 0.126 e. The number of halogens is 2. The second-order valence-electron chi connectivity index (χ2n) is 7.11. The topological polar surface area (TPSA) is 11.4 Å². The van der Waals surface area contributed by atoms with Crippen LogP contribution < -0.4 is 4.90 Å². The number of rotatable bonds is 4. The van der Waals surface area contributed by atoms with Gasteiger partial charge in [0.15, 0.2) is 0 Å². The number of piperazine rings is 1. The van der Waals surface area contributed by atoms with E-state index in [-0.39, 0.29) is 11.6 Å². The van der Waals surface area contributed by atoms with Crippen LogP contribution in [0.4, 0.5) is 14.6 Å². The van der Waals surface area contributed by atoms with Crippen LogP contribution in [-0.4, -0.2) is 42.7 Å². The molecule has 0 N–H and O–H groups in total. The monoisotopic (exact) mass is 367 g/mol. The summed E-state index contributed by atoms with van der Waals surface area (Å²) in [5.41, 5.74) is 2.63. The summed E-state index contributed by atoms with van der Waals surface area (Å²) < 4.78 is 29.5. The molecule has 0 aliphatic carbocycles. The van der Waals surface area contributed by atoms with Gasteiger partial charge in [-0.25, -0.2) is 8.78 Å². The molecular formula is C22H23F2N3. The summed E-state index contributed by atoms with van der Waals surface area (Å²) in [6.45, 7) is 3.86. The van der Waals surface area contributed by atoms with Gasteiger partial charge in [0.25, 0.3) is 0 Å². The third kappa shape index (κ3) is 3.88. The number of hydrogen-bond acceptors (Lipinski definition) is 2. The zero-order valence-electron chi connectivity index (χ0n) is 15.4. The van der Waals surface area contributed by atoms with Crippen LogP contribution in [0.1, 0.15) is 11.1 Å². The number of hydrogen-bond donors (Lipinski definition) is 0. The molecule has 0 saturated carbocycles. The molecule has 0 radical (unpaired) electrons. The molecule has 1 fully saturated rings. The zero-order chi connectivity index (χ0) is 18.8.